The van der Waals surface area contributed by atoms with Crippen LogP contribution >= 0.6 is 15.9 Å². The van der Waals surface area contributed by atoms with Gasteiger partial charge in [0.1, 0.15) is 0 Å². The zero-order valence-electron chi connectivity index (χ0n) is 17.9. The van der Waals surface area contributed by atoms with Crippen LogP contribution < -0.4 is 0 Å². The molecule has 1 aromatic heterocycles. The zero-order chi connectivity index (χ0) is 21.7. The van der Waals surface area contributed by atoms with E-state index in [1.54, 1.807) is 0 Å². The van der Waals surface area contributed by atoms with Gasteiger partial charge in [-0.15, -0.1) is 0 Å². The number of hydrogen-bond donors (Lipinski definition) is 0. The molecule has 3 aromatic carbocycles. The summed E-state index contributed by atoms with van der Waals surface area (Å²) in [6.45, 7) is 0. The van der Waals surface area contributed by atoms with Gasteiger partial charge >= 0.3 is 0 Å². The van der Waals surface area contributed by atoms with Crippen molar-refractivity contribution < 1.29 is 4.79 Å². The molecule has 0 N–H and O–H groups in total. The maximum absolute atomic E-state index is 13.3. The fraction of sp³-hybridized carbons (Fsp3) is 0.207. The maximum atomic E-state index is 13.3. The fourth-order valence-corrected chi connectivity index (χ4v) is 5.68. The number of carbonyl (C=O) groups is 1. The number of Topliss-reactive ketones (excluding diaryl/α,β-unsaturated/α-hetero) is 1. The minimum absolute atomic E-state index is 0.219. The van der Waals surface area contributed by atoms with E-state index in [9.17, 15) is 4.79 Å². The SMILES string of the molecule is O=C1C[C@H](c2ccccc2)Cc2c1cc(-c1ccc(Br)cc1)n2-c1ccc2c(c1)CCC2. The maximum Gasteiger partial charge on any atom is 0.165 e. The first-order valence-corrected chi connectivity index (χ1v) is 12.2. The largest absolute Gasteiger partial charge is 0.313 e. The van der Waals surface area contributed by atoms with Gasteiger partial charge < -0.3 is 4.57 Å². The van der Waals surface area contributed by atoms with Crippen molar-refractivity contribution >= 4 is 21.7 Å². The van der Waals surface area contributed by atoms with Gasteiger partial charge in [0.15, 0.2) is 5.78 Å². The van der Waals surface area contributed by atoms with Crippen LogP contribution in [-0.4, -0.2) is 10.4 Å². The van der Waals surface area contributed by atoms with Crippen molar-refractivity contribution in [1.82, 2.24) is 4.57 Å². The van der Waals surface area contributed by atoms with Crippen LogP contribution in [0.5, 0.6) is 0 Å². The first-order valence-electron chi connectivity index (χ1n) is 11.4. The van der Waals surface area contributed by atoms with Gasteiger partial charge in [0, 0.05) is 27.8 Å². The molecule has 0 unspecified atom stereocenters. The first-order chi connectivity index (χ1) is 15.7. The van der Waals surface area contributed by atoms with E-state index < -0.39 is 0 Å². The highest BCUT2D eigenvalue weighted by Gasteiger charge is 2.31. The molecule has 2 nitrogen and oxygen atoms in total. The fourth-order valence-electron chi connectivity index (χ4n) is 5.42. The molecule has 0 saturated heterocycles. The topological polar surface area (TPSA) is 22.0 Å². The van der Waals surface area contributed by atoms with Crippen LogP contribution in [0.4, 0.5) is 0 Å². The van der Waals surface area contributed by atoms with E-state index in [0.29, 0.717) is 6.42 Å². The second-order valence-electron chi connectivity index (χ2n) is 8.98. The summed E-state index contributed by atoms with van der Waals surface area (Å²) >= 11 is 3.55. The third-order valence-electron chi connectivity index (χ3n) is 7.03. The van der Waals surface area contributed by atoms with Crippen LogP contribution in [0.15, 0.2) is 83.3 Å². The Bertz CT molecular complexity index is 1320. The van der Waals surface area contributed by atoms with Crippen LogP contribution in [-0.2, 0) is 19.3 Å². The Balaban J connectivity index is 1.54. The number of nitrogens with zero attached hydrogens (tertiary/aromatic N) is 1. The highest BCUT2D eigenvalue weighted by atomic mass is 79.9. The Hall–Kier alpha value is -2.91. The smallest absolute Gasteiger partial charge is 0.165 e. The van der Waals surface area contributed by atoms with Gasteiger partial charge in [-0.05, 0) is 84.2 Å². The molecule has 0 bridgehead atoms. The minimum atomic E-state index is 0.219. The molecular formula is C29H24BrNO. The van der Waals surface area contributed by atoms with E-state index in [0.717, 1.165) is 39.8 Å². The number of aromatic nitrogens is 1. The highest BCUT2D eigenvalue weighted by molar-refractivity contribution is 9.10. The highest BCUT2D eigenvalue weighted by Crippen LogP contribution is 2.39. The number of hydrogen-bond acceptors (Lipinski definition) is 1. The lowest BCUT2D eigenvalue weighted by Gasteiger charge is -2.24. The summed E-state index contributed by atoms with van der Waals surface area (Å²) in [7, 11) is 0. The zero-order valence-corrected chi connectivity index (χ0v) is 19.4. The lowest BCUT2D eigenvalue weighted by molar-refractivity contribution is 0.0963. The van der Waals surface area contributed by atoms with Crippen molar-refractivity contribution in [3.8, 4) is 16.9 Å². The van der Waals surface area contributed by atoms with E-state index in [4.69, 9.17) is 0 Å². The summed E-state index contributed by atoms with van der Waals surface area (Å²) < 4.78 is 3.41. The third-order valence-corrected chi connectivity index (χ3v) is 7.55. The molecule has 0 spiro atoms. The average Bonchev–Trinajstić information content (AvgIpc) is 3.44. The van der Waals surface area contributed by atoms with Crippen molar-refractivity contribution in [2.75, 3.05) is 0 Å². The molecule has 0 fully saturated rings. The molecule has 0 aliphatic heterocycles. The monoisotopic (exact) mass is 481 g/mol. The second-order valence-corrected chi connectivity index (χ2v) is 9.89. The molecule has 1 atom stereocenters. The van der Waals surface area contributed by atoms with Crippen molar-refractivity contribution in [2.45, 2.75) is 38.0 Å². The molecule has 3 heteroatoms. The van der Waals surface area contributed by atoms with Crippen LogP contribution in [0.2, 0.25) is 0 Å². The molecule has 0 radical (unpaired) electrons. The number of carbonyl (C=O) groups excluding carboxylic acids is 1. The summed E-state index contributed by atoms with van der Waals surface area (Å²) in [6, 6.07) is 27.9. The first kappa shape index (κ1) is 19.8. The number of halogens is 1. The molecule has 2 aliphatic rings. The molecule has 0 saturated carbocycles. The Morgan fingerprint density at radius 2 is 1.59 bits per heavy atom. The van der Waals surface area contributed by atoms with Crippen LogP contribution in [0.25, 0.3) is 16.9 Å². The van der Waals surface area contributed by atoms with E-state index in [2.05, 4.69) is 93.3 Å². The van der Waals surface area contributed by atoms with Crippen LogP contribution in [0.3, 0.4) is 0 Å². The minimum Gasteiger partial charge on any atom is -0.313 e. The normalized spacial score (nSPS) is 17.3. The Kier molecular flexibility index (Phi) is 4.87. The van der Waals surface area contributed by atoms with E-state index in [-0.39, 0.29) is 11.7 Å². The summed E-state index contributed by atoms with van der Waals surface area (Å²) in [4.78, 5) is 13.3. The van der Waals surface area contributed by atoms with Gasteiger partial charge in [0.05, 0.1) is 5.69 Å². The summed E-state index contributed by atoms with van der Waals surface area (Å²) in [5.41, 5.74) is 9.60. The van der Waals surface area contributed by atoms with Gasteiger partial charge in [-0.3, -0.25) is 4.79 Å². The number of benzene rings is 3. The van der Waals surface area contributed by atoms with Gasteiger partial charge in [-0.1, -0.05) is 64.5 Å². The number of ketones is 1. The molecule has 32 heavy (non-hydrogen) atoms. The number of fused-ring (bicyclic) bond motifs is 2. The summed E-state index contributed by atoms with van der Waals surface area (Å²) in [6.07, 6.45) is 5.00. The molecule has 4 aromatic rings. The van der Waals surface area contributed by atoms with E-state index >= 15 is 0 Å². The Morgan fingerprint density at radius 3 is 2.41 bits per heavy atom. The molecule has 0 amide bonds. The van der Waals surface area contributed by atoms with Crippen LogP contribution in [0, 0.1) is 0 Å². The van der Waals surface area contributed by atoms with E-state index in [1.165, 1.54) is 35.2 Å². The average molecular weight is 482 g/mol. The second kappa shape index (κ2) is 7.90. The van der Waals surface area contributed by atoms with Gasteiger partial charge in [0.2, 0.25) is 0 Å². The van der Waals surface area contributed by atoms with Gasteiger partial charge in [-0.2, -0.15) is 0 Å². The molecule has 1 heterocycles. The van der Waals surface area contributed by atoms with E-state index in [1.807, 2.05) is 6.07 Å². The Morgan fingerprint density at radius 1 is 0.812 bits per heavy atom. The predicted molar refractivity (Wildman–Crippen MR) is 133 cm³/mol. The number of rotatable bonds is 3. The summed E-state index contributed by atoms with van der Waals surface area (Å²) in [5.74, 6) is 0.468. The third kappa shape index (κ3) is 3.36. The lowest BCUT2D eigenvalue weighted by atomic mass is 9.82. The van der Waals surface area contributed by atoms with Crippen molar-refractivity contribution in [3.63, 3.8) is 0 Å². The number of aryl methyl sites for hydroxylation is 2. The molecule has 158 valence electrons. The standard InChI is InChI=1S/C29H24BrNO/c30-24-12-9-21(10-13-24)27-18-26-28(16-23(17-29(26)32)19-5-2-1-3-6-19)31(27)25-14-11-20-7-4-8-22(20)15-25/h1-3,5-6,9-15,18,23H,4,7-8,16-17H2/t23-/m1/s1. The predicted octanol–water partition coefficient (Wildman–Crippen LogP) is 7.31. The molecule has 6 rings (SSSR count). The van der Waals surface area contributed by atoms with Crippen molar-refractivity contribution in [2.24, 2.45) is 0 Å². The summed E-state index contributed by atoms with van der Waals surface area (Å²) in [5, 5.41) is 0. The van der Waals surface area contributed by atoms with Crippen molar-refractivity contribution in [3.05, 3.63) is 111 Å². The molecular weight excluding hydrogens is 458 g/mol. The van der Waals surface area contributed by atoms with Gasteiger partial charge in [-0.25, -0.2) is 0 Å². The van der Waals surface area contributed by atoms with Gasteiger partial charge in [0.25, 0.3) is 0 Å². The lowest BCUT2D eigenvalue weighted by Crippen LogP contribution is -2.20. The van der Waals surface area contributed by atoms with Crippen LogP contribution in [0.1, 0.15) is 51.5 Å². The quantitative estimate of drug-likeness (QED) is 0.300. The molecule has 2 aliphatic carbocycles. The van der Waals surface area contributed by atoms with Crippen molar-refractivity contribution in [1.29, 1.82) is 0 Å². The Labute approximate surface area is 197 Å².